The molecule has 0 spiro atoms. The zero-order valence-electron chi connectivity index (χ0n) is 24.3. The maximum absolute atomic E-state index is 13.4. The Hall–Kier alpha value is -2.10. The number of ether oxygens (including phenoxy) is 1. The van der Waals surface area contributed by atoms with Crippen LogP contribution in [0.5, 0.6) is 0 Å². The standard InChI is InChI=1S/C31H47N3O6/c1-29-11-8-22(35)18-21(29)4-5-23-24(29)9-12-30(2)25(23)10-13-31(30,39)26(36)19-40-28(38)7-6-27(37)33-14-3-16-34-17-15-32-20-34/h18,23-25,32,39H,3-17,19-20H2,1-2H3,(H,33,37)/t23-,24+,25-,29+,30-,31+/m1/s1. The van der Waals surface area contributed by atoms with E-state index in [1.54, 1.807) is 0 Å². The number of amides is 1. The molecule has 0 bridgehead atoms. The van der Waals surface area contributed by atoms with Crippen LogP contribution in [0.25, 0.3) is 0 Å². The molecule has 0 aromatic rings. The highest BCUT2D eigenvalue weighted by Crippen LogP contribution is 2.67. The molecule has 0 radical (unpaired) electrons. The first-order chi connectivity index (χ1) is 19.1. The predicted octanol–water partition coefficient (Wildman–Crippen LogP) is 2.51. The minimum atomic E-state index is -1.51. The van der Waals surface area contributed by atoms with Crippen molar-refractivity contribution in [3.8, 4) is 0 Å². The monoisotopic (exact) mass is 557 g/mol. The van der Waals surface area contributed by atoms with Gasteiger partial charge in [0.2, 0.25) is 11.7 Å². The van der Waals surface area contributed by atoms with Crippen LogP contribution in [0.1, 0.15) is 84.5 Å². The highest BCUT2D eigenvalue weighted by atomic mass is 16.5. The minimum absolute atomic E-state index is 0.0201. The van der Waals surface area contributed by atoms with Crippen molar-refractivity contribution < 1.29 is 29.0 Å². The number of carbonyl (C=O) groups is 4. The average molecular weight is 558 g/mol. The summed E-state index contributed by atoms with van der Waals surface area (Å²) in [6.07, 6.45) is 8.96. The van der Waals surface area contributed by atoms with Gasteiger partial charge in [-0.2, -0.15) is 0 Å². The number of hydrogen-bond donors (Lipinski definition) is 3. The van der Waals surface area contributed by atoms with Gasteiger partial charge in [0, 0.05) is 51.1 Å². The van der Waals surface area contributed by atoms with Gasteiger partial charge in [0.05, 0.1) is 6.42 Å². The Kier molecular flexibility index (Phi) is 8.56. The second kappa shape index (κ2) is 11.6. The Bertz CT molecular complexity index is 1050. The van der Waals surface area contributed by atoms with E-state index in [0.717, 1.165) is 71.2 Å². The molecular formula is C31H47N3O6. The van der Waals surface area contributed by atoms with Gasteiger partial charge in [-0.1, -0.05) is 19.4 Å². The molecule has 0 unspecified atom stereocenters. The van der Waals surface area contributed by atoms with Crippen molar-refractivity contribution in [3.63, 3.8) is 0 Å². The molecule has 9 heteroatoms. The number of nitrogens with zero attached hydrogens (tertiary/aromatic N) is 1. The van der Waals surface area contributed by atoms with Crippen LogP contribution in [-0.2, 0) is 23.9 Å². The van der Waals surface area contributed by atoms with Gasteiger partial charge >= 0.3 is 5.97 Å². The Morgan fingerprint density at radius 3 is 2.67 bits per heavy atom. The molecule has 3 saturated carbocycles. The molecular weight excluding hydrogens is 510 g/mol. The number of allylic oxidation sites excluding steroid dienone is 1. The van der Waals surface area contributed by atoms with Gasteiger partial charge in [0.1, 0.15) is 5.60 Å². The van der Waals surface area contributed by atoms with E-state index in [-0.39, 0.29) is 35.9 Å². The molecule has 4 fully saturated rings. The van der Waals surface area contributed by atoms with E-state index >= 15 is 0 Å². The number of aliphatic hydroxyl groups is 1. The number of carbonyl (C=O) groups excluding carboxylic acids is 4. The number of Topliss-reactive ketones (excluding diaryl/α,β-unsaturated/α-hetero) is 1. The van der Waals surface area contributed by atoms with Crippen LogP contribution in [0, 0.1) is 28.6 Å². The molecule has 0 aromatic carbocycles. The molecule has 40 heavy (non-hydrogen) atoms. The Labute approximate surface area is 237 Å². The van der Waals surface area contributed by atoms with E-state index < -0.39 is 29.4 Å². The highest BCUT2D eigenvalue weighted by Gasteiger charge is 2.66. The van der Waals surface area contributed by atoms with Crippen molar-refractivity contribution >= 4 is 23.4 Å². The van der Waals surface area contributed by atoms with Crippen LogP contribution >= 0.6 is 0 Å². The molecule has 5 rings (SSSR count). The first-order valence-electron chi connectivity index (χ1n) is 15.4. The molecule has 1 aliphatic heterocycles. The molecule has 9 nitrogen and oxygen atoms in total. The van der Waals surface area contributed by atoms with Crippen LogP contribution in [0.2, 0.25) is 0 Å². The van der Waals surface area contributed by atoms with E-state index in [2.05, 4.69) is 29.4 Å². The lowest BCUT2D eigenvalue weighted by Crippen LogP contribution is -2.58. The predicted molar refractivity (Wildman–Crippen MR) is 149 cm³/mol. The van der Waals surface area contributed by atoms with Crippen molar-refractivity contribution in [2.45, 2.75) is 90.1 Å². The first kappa shape index (κ1) is 29.4. The van der Waals surface area contributed by atoms with Crippen LogP contribution in [0.3, 0.4) is 0 Å². The fourth-order valence-corrected chi connectivity index (χ4v) is 8.95. The number of fused-ring (bicyclic) bond motifs is 5. The highest BCUT2D eigenvalue weighted by molar-refractivity contribution is 5.92. The van der Waals surface area contributed by atoms with Crippen LogP contribution in [0.15, 0.2) is 11.6 Å². The second-order valence-corrected chi connectivity index (χ2v) is 13.4. The summed E-state index contributed by atoms with van der Waals surface area (Å²) in [6.45, 7) is 8.31. The largest absolute Gasteiger partial charge is 0.458 e. The topological polar surface area (TPSA) is 125 Å². The molecule has 5 aliphatic rings. The third kappa shape index (κ3) is 5.41. The summed E-state index contributed by atoms with van der Waals surface area (Å²) in [5, 5.41) is 17.9. The number of esters is 1. The summed E-state index contributed by atoms with van der Waals surface area (Å²) in [4.78, 5) is 52.2. The fourth-order valence-electron chi connectivity index (χ4n) is 8.95. The zero-order valence-corrected chi connectivity index (χ0v) is 24.3. The number of ketones is 2. The molecule has 1 amide bonds. The van der Waals surface area contributed by atoms with Crippen molar-refractivity contribution in [3.05, 3.63) is 11.6 Å². The van der Waals surface area contributed by atoms with Crippen LogP contribution < -0.4 is 10.6 Å². The molecule has 0 aromatic heterocycles. The number of rotatable bonds is 10. The summed E-state index contributed by atoms with van der Waals surface area (Å²) in [7, 11) is 0. The van der Waals surface area contributed by atoms with Gasteiger partial charge in [-0.05, 0) is 80.6 Å². The van der Waals surface area contributed by atoms with E-state index in [1.807, 2.05) is 6.08 Å². The van der Waals surface area contributed by atoms with Gasteiger partial charge in [-0.3, -0.25) is 24.1 Å². The first-order valence-corrected chi connectivity index (χ1v) is 15.4. The summed E-state index contributed by atoms with van der Waals surface area (Å²) < 4.78 is 5.27. The fraction of sp³-hybridized carbons (Fsp3) is 0.806. The Balaban J connectivity index is 1.09. The summed E-state index contributed by atoms with van der Waals surface area (Å²) >= 11 is 0. The third-order valence-corrected chi connectivity index (χ3v) is 11.4. The normalized spacial score (nSPS) is 37.2. The van der Waals surface area contributed by atoms with Crippen LogP contribution in [-0.4, -0.2) is 78.5 Å². The summed E-state index contributed by atoms with van der Waals surface area (Å²) in [6, 6.07) is 0. The van der Waals surface area contributed by atoms with E-state index in [4.69, 9.17) is 4.74 Å². The van der Waals surface area contributed by atoms with Gasteiger partial charge < -0.3 is 20.5 Å². The lowest BCUT2D eigenvalue weighted by atomic mass is 9.46. The third-order valence-electron chi connectivity index (χ3n) is 11.4. The van der Waals surface area contributed by atoms with E-state index in [1.165, 1.54) is 5.57 Å². The summed E-state index contributed by atoms with van der Waals surface area (Å²) in [5.41, 5.74) is -0.718. The van der Waals surface area contributed by atoms with Crippen LogP contribution in [0.4, 0.5) is 0 Å². The lowest BCUT2D eigenvalue weighted by Gasteiger charge is -2.58. The Morgan fingerprint density at radius 2 is 1.90 bits per heavy atom. The average Bonchev–Trinajstić information content (AvgIpc) is 3.55. The van der Waals surface area contributed by atoms with Gasteiger partial charge in [-0.25, -0.2) is 0 Å². The van der Waals surface area contributed by atoms with Crippen molar-refractivity contribution in [1.29, 1.82) is 0 Å². The molecule has 6 atom stereocenters. The smallest absolute Gasteiger partial charge is 0.306 e. The second-order valence-electron chi connectivity index (χ2n) is 13.4. The van der Waals surface area contributed by atoms with Crippen molar-refractivity contribution in [1.82, 2.24) is 15.5 Å². The molecule has 4 aliphatic carbocycles. The van der Waals surface area contributed by atoms with Gasteiger partial charge in [0.25, 0.3) is 0 Å². The quantitative estimate of drug-likeness (QED) is 0.277. The maximum Gasteiger partial charge on any atom is 0.306 e. The number of nitrogens with one attached hydrogen (secondary N) is 2. The lowest BCUT2D eigenvalue weighted by molar-refractivity contribution is -0.170. The Morgan fingerprint density at radius 1 is 1.10 bits per heavy atom. The molecule has 1 saturated heterocycles. The van der Waals surface area contributed by atoms with E-state index in [0.29, 0.717) is 31.2 Å². The van der Waals surface area contributed by atoms with E-state index in [9.17, 15) is 24.3 Å². The number of hydrogen-bond acceptors (Lipinski definition) is 8. The van der Waals surface area contributed by atoms with Gasteiger partial charge in [0.15, 0.2) is 12.4 Å². The zero-order chi connectivity index (χ0) is 28.5. The minimum Gasteiger partial charge on any atom is -0.458 e. The van der Waals surface area contributed by atoms with Crippen molar-refractivity contribution in [2.24, 2.45) is 28.6 Å². The van der Waals surface area contributed by atoms with Gasteiger partial charge in [-0.15, -0.1) is 0 Å². The SMILES string of the molecule is C[C@]12CCC(=O)C=C1CC[C@H]1[C@H]3CC[C@](O)(C(=O)COC(=O)CCC(=O)NCCCN4CCNC4)[C@]3(C)CC[C@@H]12. The summed E-state index contributed by atoms with van der Waals surface area (Å²) in [5.74, 6) is 0.152. The molecule has 3 N–H and O–H groups in total. The molecule has 222 valence electrons. The molecule has 1 heterocycles. The van der Waals surface area contributed by atoms with Crippen molar-refractivity contribution in [2.75, 3.05) is 39.5 Å². The maximum atomic E-state index is 13.4.